The van der Waals surface area contributed by atoms with Crippen LogP contribution < -0.4 is 0 Å². The van der Waals surface area contributed by atoms with E-state index in [1.165, 1.54) is 22.7 Å². The van der Waals surface area contributed by atoms with Gasteiger partial charge in [-0.2, -0.15) is 8.78 Å². The maximum atomic E-state index is 14.9. The molecule has 6 rings (SSSR count). The Kier molecular flexibility index (Phi) is 3.95. The van der Waals surface area contributed by atoms with E-state index in [1.807, 2.05) is 60.7 Å². The summed E-state index contributed by atoms with van der Waals surface area (Å²) in [7, 11) is 0. The lowest BCUT2D eigenvalue weighted by Gasteiger charge is -2.12. The molecule has 0 radical (unpaired) electrons. The third-order valence-electron chi connectivity index (χ3n) is 5.58. The predicted octanol–water partition coefficient (Wildman–Crippen LogP) is 9.16. The second-order valence-electron chi connectivity index (χ2n) is 7.39. The zero-order valence-electron chi connectivity index (χ0n) is 15.8. The Morgan fingerprint density at radius 1 is 0.645 bits per heavy atom. The Hall–Kier alpha value is -2.96. The first-order valence-corrected chi connectivity index (χ1v) is 11.2. The van der Waals surface area contributed by atoms with Crippen LogP contribution in [0.5, 0.6) is 0 Å². The van der Waals surface area contributed by atoms with E-state index >= 15 is 0 Å². The van der Waals surface area contributed by atoms with Crippen LogP contribution in [0, 0.1) is 0 Å². The molecule has 31 heavy (non-hydrogen) atoms. The molecular formula is C25H12F4S2. The largest absolute Gasteiger partial charge is 0.328 e. The van der Waals surface area contributed by atoms with Crippen LogP contribution in [0.3, 0.4) is 0 Å². The smallest absolute Gasteiger partial charge is 0.203 e. The van der Waals surface area contributed by atoms with Crippen molar-refractivity contribution >= 4 is 48.7 Å². The van der Waals surface area contributed by atoms with Gasteiger partial charge in [-0.3, -0.25) is 0 Å². The summed E-state index contributed by atoms with van der Waals surface area (Å²) in [5.74, 6) is -7.46. The average molecular weight is 452 g/mol. The Morgan fingerprint density at radius 3 is 1.68 bits per heavy atom. The molecule has 1 aliphatic rings. The molecule has 0 fully saturated rings. The maximum absolute atomic E-state index is 14.9. The van der Waals surface area contributed by atoms with Crippen LogP contribution in [0.25, 0.3) is 46.9 Å². The van der Waals surface area contributed by atoms with Crippen molar-refractivity contribution in [2.45, 2.75) is 5.92 Å². The summed E-state index contributed by atoms with van der Waals surface area (Å²) in [5.41, 5.74) is 0.891. The minimum atomic E-state index is -3.99. The van der Waals surface area contributed by atoms with Crippen LogP contribution in [0.4, 0.5) is 17.6 Å². The van der Waals surface area contributed by atoms with Crippen molar-refractivity contribution in [1.29, 1.82) is 0 Å². The molecule has 0 amide bonds. The minimum Gasteiger partial charge on any atom is -0.203 e. The molecule has 0 atom stereocenters. The number of thiophene rings is 2. The summed E-state index contributed by atoms with van der Waals surface area (Å²) in [5, 5.41) is 0.540. The van der Waals surface area contributed by atoms with Crippen molar-refractivity contribution < 1.29 is 17.6 Å². The lowest BCUT2D eigenvalue weighted by molar-refractivity contribution is 0.0196. The van der Waals surface area contributed by atoms with Crippen LogP contribution in [-0.4, -0.2) is 0 Å². The molecule has 0 saturated carbocycles. The zero-order valence-corrected chi connectivity index (χ0v) is 17.4. The monoisotopic (exact) mass is 452 g/mol. The maximum Gasteiger partial charge on any atom is 0.328 e. The Bertz CT molecular complexity index is 1510. The van der Waals surface area contributed by atoms with Crippen LogP contribution in [0.15, 0.2) is 78.6 Å². The van der Waals surface area contributed by atoms with E-state index in [0.717, 1.165) is 20.9 Å². The topological polar surface area (TPSA) is 0 Å². The van der Waals surface area contributed by atoms with Crippen molar-refractivity contribution in [3.05, 3.63) is 89.8 Å². The van der Waals surface area contributed by atoms with Crippen LogP contribution >= 0.6 is 22.7 Å². The normalized spacial score (nSPS) is 15.2. The lowest BCUT2D eigenvalue weighted by Crippen LogP contribution is -2.11. The van der Waals surface area contributed by atoms with Gasteiger partial charge in [0.25, 0.3) is 0 Å². The van der Waals surface area contributed by atoms with Crippen molar-refractivity contribution in [3.63, 3.8) is 0 Å². The first-order valence-electron chi connectivity index (χ1n) is 9.55. The van der Waals surface area contributed by atoms with Crippen molar-refractivity contribution in [2.75, 3.05) is 0 Å². The number of hydrogen-bond acceptors (Lipinski definition) is 2. The second-order valence-corrected chi connectivity index (χ2v) is 9.50. The van der Waals surface area contributed by atoms with Gasteiger partial charge < -0.3 is 0 Å². The molecule has 0 N–H and O–H groups in total. The van der Waals surface area contributed by atoms with E-state index in [-0.39, 0.29) is 10.9 Å². The number of hydrogen-bond donors (Lipinski definition) is 0. The van der Waals surface area contributed by atoms with Gasteiger partial charge in [0.15, 0.2) is 5.83 Å². The molecule has 0 bridgehead atoms. The van der Waals surface area contributed by atoms with Gasteiger partial charge in [-0.15, -0.1) is 22.7 Å². The highest BCUT2D eigenvalue weighted by atomic mass is 32.1. The summed E-state index contributed by atoms with van der Waals surface area (Å²) < 4.78 is 60.4. The molecule has 152 valence electrons. The fraction of sp³-hybridized carbons (Fsp3) is 0.0400. The van der Waals surface area contributed by atoms with Crippen LogP contribution in [0.1, 0.15) is 11.1 Å². The summed E-state index contributed by atoms with van der Waals surface area (Å²) in [6, 6.07) is 22.2. The number of fused-ring (bicyclic) bond motifs is 6. The van der Waals surface area contributed by atoms with Gasteiger partial charge in [-0.25, -0.2) is 8.78 Å². The Morgan fingerprint density at radius 2 is 1.13 bits per heavy atom. The van der Waals surface area contributed by atoms with E-state index in [0.29, 0.717) is 14.8 Å². The fourth-order valence-corrected chi connectivity index (χ4v) is 6.66. The molecule has 2 heterocycles. The number of rotatable bonds is 2. The van der Waals surface area contributed by atoms with E-state index < -0.39 is 23.1 Å². The summed E-state index contributed by atoms with van der Waals surface area (Å²) in [6.07, 6.45) is 0. The SMILES string of the molecule is FC1=C(F)C(F)(F)c2c1c1cc(-c3ccccc3)sc1c1sc(-c3ccccc3)cc21. The van der Waals surface area contributed by atoms with Crippen LogP contribution in [0.2, 0.25) is 0 Å². The van der Waals surface area contributed by atoms with Gasteiger partial charge in [0, 0.05) is 31.7 Å². The zero-order chi connectivity index (χ0) is 21.3. The molecule has 2 aromatic heterocycles. The van der Waals surface area contributed by atoms with Gasteiger partial charge in [0.05, 0.1) is 9.40 Å². The number of halogens is 4. The minimum absolute atomic E-state index is 0.209. The number of alkyl halides is 2. The van der Waals surface area contributed by atoms with Crippen molar-refractivity contribution in [3.8, 4) is 20.9 Å². The van der Waals surface area contributed by atoms with E-state index in [4.69, 9.17) is 0 Å². The number of allylic oxidation sites excluding steroid dienone is 1. The molecule has 0 unspecified atom stereocenters. The molecule has 3 aromatic carbocycles. The third kappa shape index (κ3) is 2.58. The highest BCUT2D eigenvalue weighted by molar-refractivity contribution is 7.30. The molecule has 1 aliphatic carbocycles. The van der Waals surface area contributed by atoms with E-state index in [1.54, 1.807) is 12.1 Å². The fourth-order valence-electron chi connectivity index (χ4n) is 4.16. The molecule has 0 saturated heterocycles. The standard InChI is InChI=1S/C25H12F4S2/c26-21-19-15-11-17(13-7-3-1-4-8-13)30-22(15)23-16(20(19)25(28,29)24(21)27)12-18(31-23)14-9-5-2-6-10-14/h1-12H. The van der Waals surface area contributed by atoms with Gasteiger partial charge in [-0.05, 0) is 23.3 Å². The molecule has 0 nitrogen and oxygen atoms in total. The van der Waals surface area contributed by atoms with Gasteiger partial charge in [0.2, 0.25) is 5.83 Å². The Balaban J connectivity index is 1.75. The van der Waals surface area contributed by atoms with Gasteiger partial charge >= 0.3 is 5.92 Å². The lowest BCUT2D eigenvalue weighted by atomic mass is 9.98. The predicted molar refractivity (Wildman–Crippen MR) is 121 cm³/mol. The average Bonchev–Trinajstić information content (AvgIpc) is 3.46. The highest BCUT2D eigenvalue weighted by Gasteiger charge is 2.51. The first-order chi connectivity index (χ1) is 15.0. The highest BCUT2D eigenvalue weighted by Crippen LogP contribution is 2.58. The summed E-state index contributed by atoms with van der Waals surface area (Å²) >= 11 is 2.78. The molecule has 0 aliphatic heterocycles. The Labute approximate surface area is 182 Å². The third-order valence-corrected chi connectivity index (χ3v) is 8.11. The van der Waals surface area contributed by atoms with E-state index in [2.05, 4.69) is 0 Å². The van der Waals surface area contributed by atoms with Gasteiger partial charge in [-0.1, -0.05) is 60.7 Å². The molecular weight excluding hydrogens is 440 g/mol. The molecule has 6 heteroatoms. The number of benzene rings is 3. The summed E-state index contributed by atoms with van der Waals surface area (Å²) in [4.78, 5) is 1.60. The molecule has 0 spiro atoms. The quantitative estimate of drug-likeness (QED) is 0.234. The van der Waals surface area contributed by atoms with Gasteiger partial charge in [0.1, 0.15) is 0 Å². The second kappa shape index (κ2) is 6.52. The molecule has 5 aromatic rings. The van der Waals surface area contributed by atoms with Crippen LogP contribution in [-0.2, 0) is 5.92 Å². The summed E-state index contributed by atoms with van der Waals surface area (Å²) in [6.45, 7) is 0. The first kappa shape index (κ1) is 18.8. The van der Waals surface area contributed by atoms with Crippen molar-refractivity contribution in [1.82, 2.24) is 0 Å². The van der Waals surface area contributed by atoms with Crippen molar-refractivity contribution in [2.24, 2.45) is 0 Å². The van der Waals surface area contributed by atoms with E-state index in [9.17, 15) is 17.6 Å².